The van der Waals surface area contributed by atoms with Gasteiger partial charge in [-0.1, -0.05) is 18.2 Å². The molecule has 0 aliphatic carbocycles. The number of aliphatic carboxylic acids is 1. The van der Waals surface area contributed by atoms with Crippen LogP contribution < -0.4 is 0 Å². The first-order chi connectivity index (χ1) is 11.3. The molecule has 0 saturated heterocycles. The van der Waals surface area contributed by atoms with Gasteiger partial charge in [0.05, 0.1) is 11.3 Å². The van der Waals surface area contributed by atoms with E-state index in [1.807, 2.05) is 6.07 Å². The Balaban J connectivity index is 1.95. The van der Waals surface area contributed by atoms with Crippen LogP contribution in [0.2, 0.25) is 0 Å². The molecular formula is C17H17NO5S. The van der Waals surface area contributed by atoms with Gasteiger partial charge in [0.2, 0.25) is 5.78 Å². The lowest BCUT2D eigenvalue weighted by atomic mass is 10.1. The lowest BCUT2D eigenvalue weighted by molar-refractivity contribution is -0.148. The first-order valence-electron chi connectivity index (χ1n) is 7.24. The lowest BCUT2D eigenvalue weighted by Crippen LogP contribution is -2.15. The number of rotatable bonds is 7. The van der Waals surface area contributed by atoms with Crippen LogP contribution in [-0.2, 0) is 38.7 Å². The fourth-order valence-corrected chi connectivity index (χ4v) is 2.77. The molecule has 0 spiro atoms. The number of sulfone groups is 1. The van der Waals surface area contributed by atoms with Gasteiger partial charge in [0, 0.05) is 18.1 Å². The molecule has 0 amide bonds. The quantitative estimate of drug-likeness (QED) is 0.761. The van der Waals surface area contributed by atoms with Crippen molar-refractivity contribution in [3.05, 3.63) is 59.4 Å². The highest BCUT2D eigenvalue weighted by Gasteiger charge is 2.12. The van der Waals surface area contributed by atoms with E-state index in [1.165, 1.54) is 6.26 Å². The van der Waals surface area contributed by atoms with Gasteiger partial charge in [-0.3, -0.25) is 9.78 Å². The van der Waals surface area contributed by atoms with Crippen molar-refractivity contribution in [1.29, 1.82) is 0 Å². The second-order valence-corrected chi connectivity index (χ2v) is 7.49. The number of carbonyl (C=O) groups excluding carboxylic acids is 1. The second-order valence-electron chi connectivity index (χ2n) is 5.48. The van der Waals surface area contributed by atoms with Gasteiger partial charge in [-0.25, -0.2) is 13.2 Å². The van der Waals surface area contributed by atoms with Gasteiger partial charge < -0.3 is 5.11 Å². The van der Waals surface area contributed by atoms with Crippen molar-refractivity contribution in [3.63, 3.8) is 0 Å². The number of nitrogens with zero attached hydrogens (tertiary/aromatic N) is 1. The average Bonchev–Trinajstić information content (AvgIpc) is 2.53. The number of benzene rings is 1. The normalized spacial score (nSPS) is 11.2. The number of aromatic nitrogens is 1. The summed E-state index contributed by atoms with van der Waals surface area (Å²) >= 11 is 0. The minimum Gasteiger partial charge on any atom is -0.475 e. The zero-order valence-electron chi connectivity index (χ0n) is 13.1. The molecule has 0 aliphatic heterocycles. The molecule has 0 bridgehead atoms. The molecule has 0 fully saturated rings. The number of hydrogen-bond donors (Lipinski definition) is 1. The highest BCUT2D eigenvalue weighted by molar-refractivity contribution is 7.90. The Morgan fingerprint density at radius 3 is 2.08 bits per heavy atom. The van der Waals surface area contributed by atoms with E-state index >= 15 is 0 Å². The van der Waals surface area contributed by atoms with Gasteiger partial charge in [0.25, 0.3) is 0 Å². The van der Waals surface area contributed by atoms with E-state index in [4.69, 9.17) is 5.11 Å². The number of pyridine rings is 1. The zero-order valence-corrected chi connectivity index (χ0v) is 13.9. The fraction of sp³-hybridized carbons (Fsp3) is 0.235. The van der Waals surface area contributed by atoms with Crippen LogP contribution in [-0.4, -0.2) is 36.5 Å². The molecule has 0 atom stereocenters. The van der Waals surface area contributed by atoms with Crippen LogP contribution in [0.4, 0.5) is 0 Å². The summed E-state index contributed by atoms with van der Waals surface area (Å²) in [6, 6.07) is 10.2. The molecule has 6 nitrogen and oxygen atoms in total. The molecule has 2 aromatic rings. The molecular weight excluding hydrogens is 330 g/mol. The number of hydrogen-bond acceptors (Lipinski definition) is 5. The predicted molar refractivity (Wildman–Crippen MR) is 87.5 cm³/mol. The molecule has 1 heterocycles. The summed E-state index contributed by atoms with van der Waals surface area (Å²) in [6.07, 6.45) is 4.00. The largest absolute Gasteiger partial charge is 0.475 e. The fourth-order valence-electron chi connectivity index (χ4n) is 2.14. The van der Waals surface area contributed by atoms with Crippen molar-refractivity contribution in [3.8, 4) is 0 Å². The van der Waals surface area contributed by atoms with Crippen LogP contribution in [0.1, 0.15) is 16.8 Å². The molecule has 0 radical (unpaired) electrons. The van der Waals surface area contributed by atoms with Crippen LogP contribution in [0.5, 0.6) is 0 Å². The third kappa shape index (κ3) is 4.99. The molecule has 24 heavy (non-hydrogen) atoms. The van der Waals surface area contributed by atoms with E-state index in [0.717, 1.165) is 17.5 Å². The maximum Gasteiger partial charge on any atom is 0.372 e. The maximum absolute atomic E-state index is 11.4. The summed E-state index contributed by atoms with van der Waals surface area (Å²) < 4.78 is 22.8. The number of ketones is 1. The minimum atomic E-state index is -3.19. The Labute approximate surface area is 140 Å². The third-order valence-electron chi connectivity index (χ3n) is 3.52. The number of carbonyl (C=O) groups is 2. The molecule has 0 aliphatic rings. The summed E-state index contributed by atoms with van der Waals surface area (Å²) in [5.41, 5.74) is 2.38. The molecule has 1 aromatic carbocycles. The Kier molecular flexibility index (Phi) is 5.46. The zero-order chi connectivity index (χ0) is 17.7. The van der Waals surface area contributed by atoms with Crippen molar-refractivity contribution in [1.82, 2.24) is 4.98 Å². The van der Waals surface area contributed by atoms with Crippen LogP contribution in [0, 0.1) is 0 Å². The van der Waals surface area contributed by atoms with E-state index in [9.17, 15) is 18.0 Å². The average molecular weight is 347 g/mol. The van der Waals surface area contributed by atoms with Crippen molar-refractivity contribution < 1.29 is 23.1 Å². The summed E-state index contributed by atoms with van der Waals surface area (Å²) in [4.78, 5) is 26.0. The molecule has 0 unspecified atom stereocenters. The molecule has 2 rings (SSSR count). The van der Waals surface area contributed by atoms with Crippen molar-refractivity contribution >= 4 is 21.6 Å². The van der Waals surface area contributed by atoms with E-state index in [0.29, 0.717) is 17.0 Å². The molecule has 126 valence electrons. The van der Waals surface area contributed by atoms with E-state index in [1.54, 1.807) is 36.5 Å². The van der Waals surface area contributed by atoms with E-state index in [2.05, 4.69) is 4.98 Å². The number of carboxylic acids is 1. The molecule has 0 saturated carbocycles. The monoisotopic (exact) mass is 347 g/mol. The van der Waals surface area contributed by atoms with Gasteiger partial charge in [-0.05, 0) is 42.2 Å². The predicted octanol–water partition coefficient (Wildman–Crippen LogP) is 1.47. The summed E-state index contributed by atoms with van der Waals surface area (Å²) in [6.45, 7) is 0. The van der Waals surface area contributed by atoms with Crippen LogP contribution in [0.15, 0.2) is 47.5 Å². The van der Waals surface area contributed by atoms with Gasteiger partial charge >= 0.3 is 5.97 Å². The minimum absolute atomic E-state index is 0.220. The first kappa shape index (κ1) is 17.8. The van der Waals surface area contributed by atoms with E-state index < -0.39 is 21.6 Å². The van der Waals surface area contributed by atoms with Crippen LogP contribution >= 0.6 is 0 Å². The SMILES string of the molecule is CS(=O)(=O)c1ccc(CCc2ccc(CC(=O)C(=O)O)nc2)cc1. The van der Waals surface area contributed by atoms with Crippen molar-refractivity contribution in [2.45, 2.75) is 24.2 Å². The van der Waals surface area contributed by atoms with Crippen LogP contribution in [0.3, 0.4) is 0 Å². The number of aryl methyl sites for hydroxylation is 2. The first-order valence-corrected chi connectivity index (χ1v) is 9.14. The highest BCUT2D eigenvalue weighted by Crippen LogP contribution is 2.13. The Hall–Kier alpha value is -2.54. The molecule has 1 N–H and O–H groups in total. The van der Waals surface area contributed by atoms with Crippen molar-refractivity contribution in [2.75, 3.05) is 6.26 Å². The van der Waals surface area contributed by atoms with E-state index in [-0.39, 0.29) is 6.42 Å². The van der Waals surface area contributed by atoms with Gasteiger partial charge in [0.1, 0.15) is 0 Å². The second kappa shape index (κ2) is 7.35. The standard InChI is InChI=1S/C17H17NO5S/c1-24(22,23)15-8-5-12(6-9-15)2-3-13-4-7-14(18-11-13)10-16(19)17(20)21/h4-9,11H,2-3,10H2,1H3,(H,20,21). The summed E-state index contributed by atoms with van der Waals surface area (Å²) in [5, 5.41) is 8.56. The molecule has 7 heteroatoms. The number of carboxylic acid groups (broad SMARTS) is 1. The highest BCUT2D eigenvalue weighted by atomic mass is 32.2. The Bertz CT molecular complexity index is 840. The van der Waals surface area contributed by atoms with Crippen LogP contribution in [0.25, 0.3) is 0 Å². The van der Waals surface area contributed by atoms with Crippen molar-refractivity contribution in [2.24, 2.45) is 0 Å². The summed E-state index contributed by atoms with van der Waals surface area (Å²) in [7, 11) is -3.19. The lowest BCUT2D eigenvalue weighted by Gasteiger charge is -2.04. The smallest absolute Gasteiger partial charge is 0.372 e. The Morgan fingerprint density at radius 1 is 1.00 bits per heavy atom. The topological polar surface area (TPSA) is 101 Å². The van der Waals surface area contributed by atoms with Gasteiger partial charge in [-0.15, -0.1) is 0 Å². The Morgan fingerprint density at radius 2 is 1.58 bits per heavy atom. The molecule has 1 aromatic heterocycles. The maximum atomic E-state index is 11.4. The summed E-state index contributed by atoms with van der Waals surface area (Å²) in [5.74, 6) is -2.35. The van der Waals surface area contributed by atoms with Gasteiger partial charge in [0.15, 0.2) is 9.84 Å². The van der Waals surface area contributed by atoms with Gasteiger partial charge in [-0.2, -0.15) is 0 Å². The number of Topliss-reactive ketones (excluding diaryl/α,β-unsaturated/α-hetero) is 1. The third-order valence-corrected chi connectivity index (χ3v) is 4.65.